The average molecular weight is 287 g/mol. The lowest BCUT2D eigenvalue weighted by atomic mass is 10.2. The van der Waals surface area contributed by atoms with E-state index in [0.29, 0.717) is 5.02 Å². The summed E-state index contributed by atoms with van der Waals surface area (Å²) < 4.78 is 2.57. The minimum atomic E-state index is 0.690. The van der Waals surface area contributed by atoms with E-state index in [9.17, 15) is 0 Å². The molecule has 3 aromatic rings. The van der Waals surface area contributed by atoms with E-state index in [1.165, 1.54) is 0 Å². The second-order valence-electron chi connectivity index (χ2n) is 4.19. The van der Waals surface area contributed by atoms with Gasteiger partial charge in [-0.15, -0.1) is 0 Å². The Balaban J connectivity index is 2.10. The molecule has 19 heavy (non-hydrogen) atoms. The first-order chi connectivity index (χ1) is 9.24. The molecule has 0 unspecified atom stereocenters. The zero-order chi connectivity index (χ0) is 13.2. The molecular weight excluding hydrogens is 276 g/mol. The van der Waals surface area contributed by atoms with E-state index in [4.69, 9.17) is 23.8 Å². The van der Waals surface area contributed by atoms with E-state index in [1.54, 1.807) is 0 Å². The molecule has 0 atom stereocenters. The molecule has 0 bridgehead atoms. The molecule has 0 radical (unpaired) electrons. The summed E-state index contributed by atoms with van der Waals surface area (Å²) in [6, 6.07) is 19.6. The Morgan fingerprint density at radius 1 is 0.947 bits per heavy atom. The van der Waals surface area contributed by atoms with Crippen molar-refractivity contribution in [1.82, 2.24) is 9.78 Å². The molecule has 3 rings (SSSR count). The van der Waals surface area contributed by atoms with Crippen LogP contribution in [0.15, 0.2) is 60.7 Å². The highest BCUT2D eigenvalue weighted by atomic mass is 35.5. The summed E-state index contributed by atoms with van der Waals surface area (Å²) in [7, 11) is 0. The maximum absolute atomic E-state index is 6.01. The van der Waals surface area contributed by atoms with Crippen LogP contribution >= 0.6 is 23.8 Å². The molecule has 0 fully saturated rings. The van der Waals surface area contributed by atoms with Gasteiger partial charge in [-0.3, -0.25) is 5.10 Å². The van der Waals surface area contributed by atoms with Gasteiger partial charge in [0.1, 0.15) is 4.64 Å². The smallest absolute Gasteiger partial charge is 0.128 e. The molecule has 1 N–H and O–H groups in total. The zero-order valence-corrected chi connectivity index (χ0v) is 11.6. The Morgan fingerprint density at radius 3 is 2.47 bits per heavy atom. The Hall–Kier alpha value is -1.84. The number of nitrogens with one attached hydrogen (secondary N) is 1. The van der Waals surface area contributed by atoms with Crippen LogP contribution < -0.4 is 0 Å². The third kappa shape index (κ3) is 2.48. The lowest BCUT2D eigenvalue weighted by Gasteiger charge is -2.03. The Morgan fingerprint density at radius 2 is 1.74 bits per heavy atom. The normalized spacial score (nSPS) is 10.6. The molecule has 0 spiro atoms. The molecule has 4 heteroatoms. The summed E-state index contributed by atoms with van der Waals surface area (Å²) in [5.74, 6) is 0. The van der Waals surface area contributed by atoms with Crippen LogP contribution in [-0.2, 0) is 0 Å². The molecule has 0 saturated heterocycles. The number of H-pyrrole nitrogens is 1. The third-order valence-corrected chi connectivity index (χ3v) is 3.41. The molecule has 94 valence electrons. The maximum atomic E-state index is 6.01. The molecule has 2 nitrogen and oxygen atoms in total. The van der Waals surface area contributed by atoms with Crippen LogP contribution in [0.5, 0.6) is 0 Å². The molecule has 1 aromatic heterocycles. The maximum Gasteiger partial charge on any atom is 0.128 e. The second kappa shape index (κ2) is 5.03. The first-order valence-corrected chi connectivity index (χ1v) is 6.66. The molecular formula is C15H11ClN2S. The van der Waals surface area contributed by atoms with Crippen molar-refractivity contribution in [3.8, 4) is 16.9 Å². The van der Waals surface area contributed by atoms with Crippen molar-refractivity contribution in [3.05, 3.63) is 70.3 Å². The minimum Gasteiger partial charge on any atom is -0.292 e. The molecule has 0 aliphatic heterocycles. The quantitative estimate of drug-likeness (QED) is 0.668. The summed E-state index contributed by atoms with van der Waals surface area (Å²) in [5, 5.41) is 3.99. The number of nitrogens with zero attached hydrogens (tertiary/aromatic N) is 1. The van der Waals surface area contributed by atoms with Gasteiger partial charge in [0, 0.05) is 11.1 Å². The third-order valence-electron chi connectivity index (χ3n) is 2.87. The van der Waals surface area contributed by atoms with Gasteiger partial charge in [-0.05, 0) is 23.8 Å². The Labute approximate surface area is 121 Å². The van der Waals surface area contributed by atoms with E-state index >= 15 is 0 Å². The van der Waals surface area contributed by atoms with Crippen molar-refractivity contribution in [2.24, 2.45) is 0 Å². The van der Waals surface area contributed by atoms with Crippen LogP contribution in [0.25, 0.3) is 16.9 Å². The fraction of sp³-hybridized carbons (Fsp3) is 0. The van der Waals surface area contributed by atoms with Crippen LogP contribution in [0.1, 0.15) is 0 Å². The summed E-state index contributed by atoms with van der Waals surface area (Å²) in [6.45, 7) is 0. The summed E-state index contributed by atoms with van der Waals surface area (Å²) in [5.41, 5.74) is 3.03. The zero-order valence-electron chi connectivity index (χ0n) is 10.0. The van der Waals surface area contributed by atoms with Crippen LogP contribution in [0.4, 0.5) is 0 Å². The minimum absolute atomic E-state index is 0.690. The van der Waals surface area contributed by atoms with E-state index in [1.807, 2.05) is 65.3 Å². The highest BCUT2D eigenvalue weighted by Gasteiger charge is 2.04. The number of rotatable bonds is 2. The number of halogens is 1. The Kier molecular flexibility index (Phi) is 3.23. The molecule has 2 aromatic carbocycles. The highest BCUT2D eigenvalue weighted by Crippen LogP contribution is 2.20. The second-order valence-corrected chi connectivity index (χ2v) is 5.04. The summed E-state index contributed by atoms with van der Waals surface area (Å²) in [6.07, 6.45) is 0. The van der Waals surface area contributed by atoms with E-state index in [0.717, 1.165) is 21.6 Å². The lowest BCUT2D eigenvalue weighted by molar-refractivity contribution is 0.873. The lowest BCUT2D eigenvalue weighted by Crippen LogP contribution is -1.96. The van der Waals surface area contributed by atoms with Crippen molar-refractivity contribution in [3.63, 3.8) is 0 Å². The fourth-order valence-corrected chi connectivity index (χ4v) is 2.42. The standard InChI is InChI=1S/C15H11ClN2S/c16-12-7-4-8-13(9-12)18-15(19)10-14(17-18)11-5-2-1-3-6-11/h1-10,17H. The van der Waals surface area contributed by atoms with Gasteiger partial charge in [0.25, 0.3) is 0 Å². The van der Waals surface area contributed by atoms with E-state index in [-0.39, 0.29) is 0 Å². The van der Waals surface area contributed by atoms with Crippen molar-refractivity contribution >= 4 is 23.8 Å². The first kappa shape index (κ1) is 12.2. The largest absolute Gasteiger partial charge is 0.292 e. The summed E-state index contributed by atoms with van der Waals surface area (Å²) >= 11 is 11.4. The van der Waals surface area contributed by atoms with Gasteiger partial charge in [0.2, 0.25) is 0 Å². The first-order valence-electron chi connectivity index (χ1n) is 5.87. The Bertz CT molecular complexity index is 759. The van der Waals surface area contributed by atoms with Crippen LogP contribution in [-0.4, -0.2) is 9.78 Å². The SMILES string of the molecule is S=c1cc(-c2ccccc2)[nH]n1-c1cccc(Cl)c1. The van der Waals surface area contributed by atoms with Gasteiger partial charge in [0.15, 0.2) is 0 Å². The predicted molar refractivity (Wildman–Crippen MR) is 81.4 cm³/mol. The van der Waals surface area contributed by atoms with Crippen LogP contribution in [0, 0.1) is 4.64 Å². The number of hydrogen-bond donors (Lipinski definition) is 1. The van der Waals surface area contributed by atoms with Gasteiger partial charge in [0.05, 0.1) is 11.4 Å². The van der Waals surface area contributed by atoms with Crippen molar-refractivity contribution in [1.29, 1.82) is 0 Å². The van der Waals surface area contributed by atoms with Crippen molar-refractivity contribution in [2.75, 3.05) is 0 Å². The van der Waals surface area contributed by atoms with Crippen molar-refractivity contribution in [2.45, 2.75) is 0 Å². The van der Waals surface area contributed by atoms with Gasteiger partial charge in [-0.1, -0.05) is 60.2 Å². The number of aromatic amines is 1. The fourth-order valence-electron chi connectivity index (χ4n) is 1.97. The summed E-state index contributed by atoms with van der Waals surface area (Å²) in [4.78, 5) is 0. The predicted octanol–water partition coefficient (Wildman–Crippen LogP) is 4.86. The molecule has 1 heterocycles. The number of aromatic nitrogens is 2. The van der Waals surface area contributed by atoms with Gasteiger partial charge in [-0.2, -0.15) is 0 Å². The number of benzene rings is 2. The monoisotopic (exact) mass is 286 g/mol. The van der Waals surface area contributed by atoms with Crippen LogP contribution in [0.3, 0.4) is 0 Å². The average Bonchev–Trinajstić information content (AvgIpc) is 2.82. The van der Waals surface area contributed by atoms with Gasteiger partial charge < -0.3 is 0 Å². The van der Waals surface area contributed by atoms with Crippen molar-refractivity contribution < 1.29 is 0 Å². The van der Waals surface area contributed by atoms with Gasteiger partial charge in [-0.25, -0.2) is 4.68 Å². The van der Waals surface area contributed by atoms with Crippen LogP contribution in [0.2, 0.25) is 5.02 Å². The van der Waals surface area contributed by atoms with E-state index in [2.05, 4.69) is 5.10 Å². The topological polar surface area (TPSA) is 20.7 Å². The highest BCUT2D eigenvalue weighted by molar-refractivity contribution is 7.71. The molecule has 0 aliphatic carbocycles. The molecule has 0 saturated carbocycles. The molecule has 0 amide bonds. The number of hydrogen-bond acceptors (Lipinski definition) is 1. The van der Waals surface area contributed by atoms with Gasteiger partial charge >= 0.3 is 0 Å². The van der Waals surface area contributed by atoms with E-state index < -0.39 is 0 Å². The molecule has 0 aliphatic rings.